The minimum Gasteiger partial charge on any atom is -0.486 e. The van der Waals surface area contributed by atoms with Crippen molar-refractivity contribution >= 4 is 12.0 Å². The Kier molecular flexibility index (Phi) is 5.16. The first kappa shape index (κ1) is 14.9. The predicted octanol–water partition coefficient (Wildman–Crippen LogP) is 4.31. The molecule has 0 fully saturated rings. The van der Waals surface area contributed by atoms with E-state index in [1.165, 1.54) is 0 Å². The van der Waals surface area contributed by atoms with E-state index < -0.39 is 5.97 Å². The van der Waals surface area contributed by atoms with E-state index in [2.05, 4.69) is 19.1 Å². The molecule has 21 heavy (non-hydrogen) atoms. The molecule has 1 N–H and O–H groups in total. The first-order valence-electron chi connectivity index (χ1n) is 6.91. The molecule has 2 aromatic carbocycles. The van der Waals surface area contributed by atoms with Gasteiger partial charge in [-0.1, -0.05) is 49.4 Å². The SMILES string of the molecule is CCC(Oc1ccc(C=CC(=O)O)cc1)c1ccccc1. The molecule has 0 amide bonds. The lowest BCUT2D eigenvalue weighted by Gasteiger charge is -2.18. The number of rotatable bonds is 6. The van der Waals surface area contributed by atoms with Crippen LogP contribution in [0.3, 0.4) is 0 Å². The summed E-state index contributed by atoms with van der Waals surface area (Å²) >= 11 is 0. The van der Waals surface area contributed by atoms with E-state index in [9.17, 15) is 4.79 Å². The van der Waals surface area contributed by atoms with Crippen LogP contribution in [0.1, 0.15) is 30.6 Å². The standard InChI is InChI=1S/C18H18O3/c1-2-17(15-6-4-3-5-7-15)21-16-11-8-14(9-12-16)10-13-18(19)20/h3-13,17H,2H2,1H3,(H,19,20). The summed E-state index contributed by atoms with van der Waals surface area (Å²) in [5.74, 6) is -0.177. The van der Waals surface area contributed by atoms with Crippen LogP contribution in [0.15, 0.2) is 60.7 Å². The van der Waals surface area contributed by atoms with Crippen LogP contribution in [0.4, 0.5) is 0 Å². The molecule has 0 saturated heterocycles. The molecule has 3 nitrogen and oxygen atoms in total. The number of carbonyl (C=O) groups is 1. The van der Waals surface area contributed by atoms with Crippen molar-refractivity contribution in [3.05, 3.63) is 71.8 Å². The predicted molar refractivity (Wildman–Crippen MR) is 83.2 cm³/mol. The third-order valence-electron chi connectivity index (χ3n) is 3.12. The average molecular weight is 282 g/mol. The molecular weight excluding hydrogens is 264 g/mol. The second-order valence-corrected chi connectivity index (χ2v) is 4.67. The summed E-state index contributed by atoms with van der Waals surface area (Å²) in [5, 5.41) is 8.59. The molecule has 108 valence electrons. The van der Waals surface area contributed by atoms with Crippen LogP contribution >= 0.6 is 0 Å². The number of carboxylic acid groups (broad SMARTS) is 1. The molecular formula is C18H18O3. The zero-order chi connectivity index (χ0) is 15.1. The van der Waals surface area contributed by atoms with E-state index in [0.29, 0.717) is 0 Å². The lowest BCUT2D eigenvalue weighted by atomic mass is 10.1. The Balaban J connectivity index is 2.07. The molecule has 3 heteroatoms. The fourth-order valence-corrected chi connectivity index (χ4v) is 2.04. The number of aliphatic carboxylic acids is 1. The van der Waals surface area contributed by atoms with Gasteiger partial charge in [-0.3, -0.25) is 0 Å². The van der Waals surface area contributed by atoms with Crippen LogP contribution in [0, 0.1) is 0 Å². The highest BCUT2D eigenvalue weighted by molar-refractivity contribution is 5.85. The molecule has 0 bridgehead atoms. The van der Waals surface area contributed by atoms with E-state index in [0.717, 1.165) is 29.4 Å². The van der Waals surface area contributed by atoms with Gasteiger partial charge in [-0.15, -0.1) is 0 Å². The zero-order valence-electron chi connectivity index (χ0n) is 11.9. The quantitative estimate of drug-likeness (QED) is 0.803. The second-order valence-electron chi connectivity index (χ2n) is 4.67. The zero-order valence-corrected chi connectivity index (χ0v) is 11.9. The fourth-order valence-electron chi connectivity index (χ4n) is 2.04. The van der Waals surface area contributed by atoms with Crippen molar-refractivity contribution in [2.75, 3.05) is 0 Å². The van der Waals surface area contributed by atoms with E-state index in [-0.39, 0.29) is 6.10 Å². The normalized spacial score (nSPS) is 12.2. The first-order valence-corrected chi connectivity index (χ1v) is 6.91. The van der Waals surface area contributed by atoms with Gasteiger partial charge in [0.15, 0.2) is 0 Å². The van der Waals surface area contributed by atoms with Crippen LogP contribution in [-0.4, -0.2) is 11.1 Å². The highest BCUT2D eigenvalue weighted by Crippen LogP contribution is 2.24. The smallest absolute Gasteiger partial charge is 0.328 e. The molecule has 1 atom stereocenters. The summed E-state index contributed by atoms with van der Waals surface area (Å²) in [7, 11) is 0. The van der Waals surface area contributed by atoms with Crippen LogP contribution in [0.5, 0.6) is 5.75 Å². The number of carboxylic acids is 1. The maximum Gasteiger partial charge on any atom is 0.328 e. The van der Waals surface area contributed by atoms with E-state index in [1.807, 2.05) is 42.5 Å². The van der Waals surface area contributed by atoms with Crippen molar-refractivity contribution in [2.45, 2.75) is 19.4 Å². The maximum absolute atomic E-state index is 10.5. The second kappa shape index (κ2) is 7.29. The number of benzene rings is 2. The Bertz CT molecular complexity index is 600. The molecule has 0 aliphatic carbocycles. The number of hydrogen-bond acceptors (Lipinski definition) is 2. The highest BCUT2D eigenvalue weighted by Gasteiger charge is 2.10. The van der Waals surface area contributed by atoms with Gasteiger partial charge in [-0.25, -0.2) is 4.79 Å². The Morgan fingerprint density at radius 3 is 2.38 bits per heavy atom. The van der Waals surface area contributed by atoms with E-state index in [4.69, 9.17) is 9.84 Å². The summed E-state index contributed by atoms with van der Waals surface area (Å²) in [6.45, 7) is 2.08. The van der Waals surface area contributed by atoms with Crippen molar-refractivity contribution in [1.82, 2.24) is 0 Å². The van der Waals surface area contributed by atoms with Gasteiger partial charge in [-0.2, -0.15) is 0 Å². The van der Waals surface area contributed by atoms with Gasteiger partial charge < -0.3 is 9.84 Å². The van der Waals surface area contributed by atoms with Gasteiger partial charge in [0, 0.05) is 6.08 Å². The molecule has 0 heterocycles. The maximum atomic E-state index is 10.5. The van der Waals surface area contributed by atoms with Crippen LogP contribution < -0.4 is 4.74 Å². The van der Waals surface area contributed by atoms with Gasteiger partial charge in [0.25, 0.3) is 0 Å². The Morgan fingerprint density at radius 2 is 1.81 bits per heavy atom. The average Bonchev–Trinajstić information content (AvgIpc) is 2.52. The minimum atomic E-state index is -0.953. The lowest BCUT2D eigenvalue weighted by Crippen LogP contribution is -2.06. The number of hydrogen-bond donors (Lipinski definition) is 1. The van der Waals surface area contributed by atoms with Crippen molar-refractivity contribution in [3.8, 4) is 5.75 Å². The third kappa shape index (κ3) is 4.49. The van der Waals surface area contributed by atoms with E-state index >= 15 is 0 Å². The third-order valence-corrected chi connectivity index (χ3v) is 3.12. The van der Waals surface area contributed by atoms with Gasteiger partial charge >= 0.3 is 5.97 Å². The summed E-state index contributed by atoms with van der Waals surface area (Å²) in [6.07, 6.45) is 3.58. The van der Waals surface area contributed by atoms with E-state index in [1.54, 1.807) is 6.08 Å². The Morgan fingerprint density at radius 1 is 1.14 bits per heavy atom. The Labute approximate surface area is 124 Å². The summed E-state index contributed by atoms with van der Waals surface area (Å²) in [6, 6.07) is 17.5. The fraction of sp³-hybridized carbons (Fsp3) is 0.167. The van der Waals surface area contributed by atoms with Crippen molar-refractivity contribution in [1.29, 1.82) is 0 Å². The van der Waals surface area contributed by atoms with Crippen molar-refractivity contribution in [2.24, 2.45) is 0 Å². The summed E-state index contributed by atoms with van der Waals surface area (Å²) < 4.78 is 5.99. The molecule has 0 saturated carbocycles. The van der Waals surface area contributed by atoms with Crippen LogP contribution in [-0.2, 0) is 4.79 Å². The molecule has 0 radical (unpaired) electrons. The first-order chi connectivity index (χ1) is 10.2. The molecule has 0 aliphatic heterocycles. The van der Waals surface area contributed by atoms with Crippen molar-refractivity contribution in [3.63, 3.8) is 0 Å². The molecule has 2 rings (SSSR count). The lowest BCUT2D eigenvalue weighted by molar-refractivity contribution is -0.131. The molecule has 1 unspecified atom stereocenters. The number of ether oxygens (including phenoxy) is 1. The molecule has 0 aromatic heterocycles. The molecule has 0 spiro atoms. The topological polar surface area (TPSA) is 46.5 Å². The van der Waals surface area contributed by atoms with Gasteiger partial charge in [-0.05, 0) is 35.8 Å². The molecule has 0 aliphatic rings. The molecule has 2 aromatic rings. The monoisotopic (exact) mass is 282 g/mol. The Hall–Kier alpha value is -2.55. The van der Waals surface area contributed by atoms with Crippen LogP contribution in [0.2, 0.25) is 0 Å². The highest BCUT2D eigenvalue weighted by atomic mass is 16.5. The van der Waals surface area contributed by atoms with Gasteiger partial charge in [0.05, 0.1) is 0 Å². The summed E-state index contributed by atoms with van der Waals surface area (Å²) in [4.78, 5) is 10.5. The largest absolute Gasteiger partial charge is 0.486 e. The van der Waals surface area contributed by atoms with Gasteiger partial charge in [0.1, 0.15) is 11.9 Å². The van der Waals surface area contributed by atoms with Gasteiger partial charge in [0.2, 0.25) is 0 Å². The van der Waals surface area contributed by atoms with Crippen molar-refractivity contribution < 1.29 is 14.6 Å². The summed E-state index contributed by atoms with van der Waals surface area (Å²) in [5.41, 5.74) is 1.98. The van der Waals surface area contributed by atoms with Crippen LogP contribution in [0.25, 0.3) is 6.08 Å². The minimum absolute atomic E-state index is 0.0200.